The number of thiophene rings is 1. The van der Waals surface area contributed by atoms with E-state index in [0.29, 0.717) is 24.1 Å². The fraction of sp³-hybridized carbons (Fsp3) is 0.533. The van der Waals surface area contributed by atoms with E-state index in [-0.39, 0.29) is 11.2 Å². The van der Waals surface area contributed by atoms with E-state index >= 15 is 0 Å². The molecule has 2 aromatic rings. The van der Waals surface area contributed by atoms with E-state index in [1.807, 2.05) is 0 Å². The van der Waals surface area contributed by atoms with Gasteiger partial charge in [-0.3, -0.25) is 4.79 Å². The number of fused-ring (bicyclic) bond motifs is 1. The number of nitrogens with zero attached hydrogens (tertiary/aromatic N) is 2. The molecule has 0 N–H and O–H groups in total. The molecular formula is C15H16N2O3S2. The lowest BCUT2D eigenvalue weighted by Crippen LogP contribution is -2.09. The van der Waals surface area contributed by atoms with Crippen molar-refractivity contribution in [1.82, 2.24) is 10.2 Å². The second-order valence-electron chi connectivity index (χ2n) is 5.84. The van der Waals surface area contributed by atoms with Crippen molar-refractivity contribution in [3.05, 3.63) is 16.5 Å². The highest BCUT2D eigenvalue weighted by Crippen LogP contribution is 2.38. The van der Waals surface area contributed by atoms with Gasteiger partial charge in [0.05, 0.1) is 11.5 Å². The summed E-state index contributed by atoms with van der Waals surface area (Å²) in [7, 11) is 0. The number of carbonyl (C=O) groups is 1. The maximum atomic E-state index is 11.5. The number of rotatable bonds is 3. The van der Waals surface area contributed by atoms with E-state index in [2.05, 4.69) is 23.2 Å². The standard InChI is InChI=1S/C15H16N2O3S2/c1-8-2-3-10-9(6-8)7-12(21-10)13-16-17-15(20-13)22-11-4-5-19-14(11)18/h7-8,11H,2-6H2,1H3/t8-,11-/m1/s1. The lowest BCUT2D eigenvalue weighted by molar-refractivity contribution is -0.137. The summed E-state index contributed by atoms with van der Waals surface area (Å²) in [6, 6.07) is 2.18. The fourth-order valence-corrected chi connectivity index (χ4v) is 4.84. The third-order valence-corrected chi connectivity index (χ3v) is 6.38. The number of ether oxygens (including phenoxy) is 1. The molecular weight excluding hydrogens is 320 g/mol. The minimum Gasteiger partial charge on any atom is -0.465 e. The average Bonchev–Trinajstić information content (AvgIpc) is 3.19. The molecule has 0 saturated carbocycles. The smallest absolute Gasteiger partial charge is 0.319 e. The van der Waals surface area contributed by atoms with Crippen molar-refractivity contribution in [2.45, 2.75) is 43.1 Å². The number of hydrogen-bond donors (Lipinski definition) is 0. The molecule has 0 bridgehead atoms. The van der Waals surface area contributed by atoms with Gasteiger partial charge in [-0.1, -0.05) is 6.92 Å². The van der Waals surface area contributed by atoms with Crippen LogP contribution in [0.5, 0.6) is 0 Å². The maximum absolute atomic E-state index is 11.5. The van der Waals surface area contributed by atoms with Gasteiger partial charge in [-0.2, -0.15) is 0 Å². The highest BCUT2D eigenvalue weighted by atomic mass is 32.2. The predicted molar refractivity (Wildman–Crippen MR) is 84.0 cm³/mol. The molecule has 116 valence electrons. The number of aromatic nitrogens is 2. The SMILES string of the molecule is C[C@@H]1CCc2sc(-c3nnc(S[C@@H]4CCOC4=O)o3)cc2C1. The van der Waals surface area contributed by atoms with Crippen molar-refractivity contribution in [3.8, 4) is 10.8 Å². The highest BCUT2D eigenvalue weighted by molar-refractivity contribution is 8.00. The minimum absolute atomic E-state index is 0.190. The molecule has 0 aromatic carbocycles. The van der Waals surface area contributed by atoms with Crippen LogP contribution in [0.15, 0.2) is 15.7 Å². The molecule has 1 fully saturated rings. The van der Waals surface area contributed by atoms with Crippen LogP contribution < -0.4 is 0 Å². The molecule has 4 rings (SSSR count). The van der Waals surface area contributed by atoms with Crippen LogP contribution in [0.2, 0.25) is 0 Å². The minimum atomic E-state index is -0.217. The zero-order chi connectivity index (χ0) is 15.1. The Balaban J connectivity index is 1.53. The molecule has 0 amide bonds. The molecule has 0 spiro atoms. The second-order valence-corrected chi connectivity index (χ2v) is 8.13. The van der Waals surface area contributed by atoms with Gasteiger partial charge in [-0.05, 0) is 48.6 Å². The van der Waals surface area contributed by atoms with Crippen LogP contribution in [0, 0.1) is 5.92 Å². The van der Waals surface area contributed by atoms with Gasteiger partial charge in [0.25, 0.3) is 11.1 Å². The summed E-state index contributed by atoms with van der Waals surface area (Å²) in [6.45, 7) is 2.77. The molecule has 2 aliphatic rings. The first-order valence-electron chi connectivity index (χ1n) is 7.48. The van der Waals surface area contributed by atoms with Crippen LogP contribution in [0.25, 0.3) is 10.8 Å². The average molecular weight is 336 g/mol. The van der Waals surface area contributed by atoms with Gasteiger partial charge in [-0.25, -0.2) is 0 Å². The summed E-state index contributed by atoms with van der Waals surface area (Å²) in [5.41, 5.74) is 1.42. The van der Waals surface area contributed by atoms with Crippen molar-refractivity contribution in [1.29, 1.82) is 0 Å². The summed E-state index contributed by atoms with van der Waals surface area (Å²) in [5, 5.41) is 8.42. The molecule has 5 nitrogen and oxygen atoms in total. The maximum Gasteiger partial charge on any atom is 0.319 e. The molecule has 22 heavy (non-hydrogen) atoms. The Morgan fingerprint density at radius 2 is 2.27 bits per heavy atom. The Hall–Kier alpha value is -1.34. The summed E-state index contributed by atoms with van der Waals surface area (Å²) >= 11 is 3.05. The Morgan fingerprint density at radius 3 is 3.09 bits per heavy atom. The van der Waals surface area contributed by atoms with Gasteiger partial charge in [0, 0.05) is 11.3 Å². The fourth-order valence-electron chi connectivity index (χ4n) is 2.87. The third-order valence-electron chi connectivity index (χ3n) is 4.08. The Bertz CT molecular complexity index is 709. The molecule has 1 aliphatic heterocycles. The largest absolute Gasteiger partial charge is 0.465 e. The van der Waals surface area contributed by atoms with Crippen molar-refractivity contribution in [2.24, 2.45) is 5.92 Å². The number of esters is 1. The molecule has 1 aliphatic carbocycles. The first-order chi connectivity index (χ1) is 10.7. The van der Waals surface area contributed by atoms with Gasteiger partial charge in [0.15, 0.2) is 0 Å². The van der Waals surface area contributed by atoms with Crippen LogP contribution in [0.3, 0.4) is 0 Å². The van der Waals surface area contributed by atoms with Crippen LogP contribution in [-0.4, -0.2) is 28.0 Å². The first-order valence-corrected chi connectivity index (χ1v) is 9.17. The summed E-state index contributed by atoms with van der Waals surface area (Å²) in [4.78, 5) is 14.0. The predicted octanol–water partition coefficient (Wildman–Crippen LogP) is 3.33. The van der Waals surface area contributed by atoms with E-state index in [4.69, 9.17) is 9.15 Å². The lowest BCUT2D eigenvalue weighted by Gasteiger charge is -2.16. The zero-order valence-electron chi connectivity index (χ0n) is 12.2. The number of hydrogen-bond acceptors (Lipinski definition) is 7. The second kappa shape index (κ2) is 5.70. The van der Waals surface area contributed by atoms with Crippen LogP contribution in [0.1, 0.15) is 30.2 Å². The van der Waals surface area contributed by atoms with Crippen molar-refractivity contribution in [3.63, 3.8) is 0 Å². The van der Waals surface area contributed by atoms with Crippen LogP contribution in [-0.2, 0) is 22.4 Å². The van der Waals surface area contributed by atoms with Crippen molar-refractivity contribution in [2.75, 3.05) is 6.61 Å². The van der Waals surface area contributed by atoms with E-state index in [1.54, 1.807) is 11.3 Å². The molecule has 0 radical (unpaired) electrons. The monoisotopic (exact) mass is 336 g/mol. The Morgan fingerprint density at radius 1 is 1.36 bits per heavy atom. The van der Waals surface area contributed by atoms with Crippen LogP contribution >= 0.6 is 23.1 Å². The molecule has 0 unspecified atom stereocenters. The summed E-state index contributed by atoms with van der Waals surface area (Å²) in [5.74, 6) is 1.11. The van der Waals surface area contributed by atoms with Gasteiger partial charge >= 0.3 is 5.97 Å². The molecule has 7 heteroatoms. The quantitative estimate of drug-likeness (QED) is 0.801. The van der Waals surface area contributed by atoms with Gasteiger partial charge in [-0.15, -0.1) is 21.5 Å². The normalized spacial score (nSPS) is 24.3. The van der Waals surface area contributed by atoms with E-state index in [1.165, 1.54) is 28.6 Å². The number of carbonyl (C=O) groups excluding carboxylic acids is 1. The van der Waals surface area contributed by atoms with Crippen molar-refractivity contribution < 1.29 is 13.9 Å². The topological polar surface area (TPSA) is 65.2 Å². The number of aryl methyl sites for hydroxylation is 1. The van der Waals surface area contributed by atoms with Gasteiger partial charge < -0.3 is 9.15 Å². The number of cyclic esters (lactones) is 1. The molecule has 3 heterocycles. The molecule has 1 saturated heterocycles. The van der Waals surface area contributed by atoms with Crippen LogP contribution in [0.4, 0.5) is 0 Å². The third kappa shape index (κ3) is 2.67. The Kier molecular flexibility index (Phi) is 3.69. The van der Waals surface area contributed by atoms with Gasteiger partial charge in [0.1, 0.15) is 5.25 Å². The van der Waals surface area contributed by atoms with Crippen molar-refractivity contribution >= 4 is 29.1 Å². The van der Waals surface area contributed by atoms with E-state index < -0.39 is 0 Å². The van der Waals surface area contributed by atoms with Gasteiger partial charge in [0.2, 0.25) is 0 Å². The molecule has 2 aromatic heterocycles. The molecule has 2 atom stereocenters. The zero-order valence-corrected chi connectivity index (χ0v) is 13.8. The number of thioether (sulfide) groups is 1. The summed E-state index contributed by atoms with van der Waals surface area (Å²) < 4.78 is 10.7. The van der Waals surface area contributed by atoms with E-state index in [0.717, 1.165) is 23.6 Å². The first kappa shape index (κ1) is 14.3. The Labute approximate surface area is 136 Å². The lowest BCUT2D eigenvalue weighted by atomic mass is 9.90. The highest BCUT2D eigenvalue weighted by Gasteiger charge is 2.30. The summed E-state index contributed by atoms with van der Waals surface area (Å²) in [6.07, 6.45) is 4.23. The van der Waals surface area contributed by atoms with E-state index in [9.17, 15) is 4.79 Å².